The lowest BCUT2D eigenvalue weighted by Gasteiger charge is -2.38. The van der Waals surface area contributed by atoms with Crippen molar-refractivity contribution >= 4 is 12.0 Å². The molecule has 0 aliphatic carbocycles. The molecule has 1 rings (SSSR count). The lowest BCUT2D eigenvalue weighted by atomic mass is 10.0. The van der Waals surface area contributed by atoms with E-state index in [-0.39, 0.29) is 13.0 Å². The molecule has 1 fully saturated rings. The van der Waals surface area contributed by atoms with Crippen LogP contribution in [0.1, 0.15) is 34.1 Å². The van der Waals surface area contributed by atoms with Crippen molar-refractivity contribution in [1.82, 2.24) is 10.2 Å². The monoisotopic (exact) mass is 278 g/mol. The Morgan fingerprint density at radius 3 is 2.37 bits per heavy atom. The van der Waals surface area contributed by atoms with E-state index in [0.29, 0.717) is 0 Å². The predicted molar refractivity (Wildman–Crippen MR) is 65.0 cm³/mol. The normalized spacial score (nSPS) is 22.8. The van der Waals surface area contributed by atoms with Crippen LogP contribution in [0, 0.1) is 0 Å². The minimum atomic E-state index is -3.15. The Balaban J connectivity index is 2.65. The molecular weight excluding hydrogens is 258 g/mol. The Kier molecular flexibility index (Phi) is 4.37. The zero-order valence-corrected chi connectivity index (χ0v) is 11.6. The molecule has 7 heteroatoms. The first kappa shape index (κ1) is 15.7. The Labute approximate surface area is 111 Å². The van der Waals surface area contributed by atoms with Crippen molar-refractivity contribution in [3.8, 4) is 0 Å². The number of likely N-dealkylation sites (tertiary alicyclic amines) is 1. The molecule has 1 aliphatic heterocycles. The van der Waals surface area contributed by atoms with Crippen molar-refractivity contribution in [2.45, 2.75) is 51.7 Å². The summed E-state index contributed by atoms with van der Waals surface area (Å²) in [4.78, 5) is 23.5. The minimum absolute atomic E-state index is 0.00578. The fraction of sp³-hybridized carbons (Fsp3) is 0.833. The number of amides is 2. The number of carbonyl (C=O) groups is 2. The third-order valence-corrected chi connectivity index (χ3v) is 2.63. The first-order chi connectivity index (χ1) is 8.51. The maximum Gasteiger partial charge on any atom is 0.410 e. The van der Waals surface area contributed by atoms with Gasteiger partial charge in [0.05, 0.1) is 12.6 Å². The van der Waals surface area contributed by atoms with Gasteiger partial charge in [-0.2, -0.15) is 0 Å². The zero-order chi connectivity index (χ0) is 14.8. The van der Waals surface area contributed by atoms with E-state index in [0.717, 1.165) is 4.90 Å². The van der Waals surface area contributed by atoms with E-state index >= 15 is 0 Å². The summed E-state index contributed by atoms with van der Waals surface area (Å²) in [6.07, 6.45) is -0.750. The third kappa shape index (κ3) is 4.65. The summed E-state index contributed by atoms with van der Waals surface area (Å²) >= 11 is 0. The first-order valence-corrected chi connectivity index (χ1v) is 6.14. The number of nitrogens with one attached hydrogen (secondary N) is 1. The SMILES string of the molecule is CC(=O)NC1CCN(C(=O)OC(C)(C)C)CC1(F)F. The van der Waals surface area contributed by atoms with Crippen LogP contribution in [-0.2, 0) is 9.53 Å². The molecular formula is C12H20F2N2O3. The highest BCUT2D eigenvalue weighted by Crippen LogP contribution is 2.28. The highest BCUT2D eigenvalue weighted by atomic mass is 19.3. The summed E-state index contributed by atoms with van der Waals surface area (Å²) in [7, 11) is 0. The third-order valence-electron chi connectivity index (χ3n) is 2.63. The van der Waals surface area contributed by atoms with Gasteiger partial charge in [-0.25, -0.2) is 13.6 Å². The highest BCUT2D eigenvalue weighted by Gasteiger charge is 2.47. The molecule has 0 aromatic carbocycles. The van der Waals surface area contributed by atoms with Crippen LogP contribution >= 0.6 is 0 Å². The number of alkyl halides is 2. The molecule has 1 saturated heterocycles. The maximum atomic E-state index is 13.8. The quantitative estimate of drug-likeness (QED) is 0.795. The van der Waals surface area contributed by atoms with E-state index in [2.05, 4.69) is 5.32 Å². The van der Waals surface area contributed by atoms with Gasteiger partial charge >= 0.3 is 6.09 Å². The second-order valence-electron chi connectivity index (χ2n) is 5.70. The number of ether oxygens (including phenoxy) is 1. The van der Waals surface area contributed by atoms with E-state index in [1.54, 1.807) is 20.8 Å². The molecule has 1 unspecified atom stereocenters. The van der Waals surface area contributed by atoms with Gasteiger partial charge in [-0.15, -0.1) is 0 Å². The van der Waals surface area contributed by atoms with Crippen LogP contribution in [0.3, 0.4) is 0 Å². The number of carbonyl (C=O) groups excluding carboxylic acids is 2. The van der Waals surface area contributed by atoms with Crippen LogP contribution in [0.2, 0.25) is 0 Å². The summed E-state index contributed by atoms with van der Waals surface area (Å²) in [6, 6.07) is -1.23. The van der Waals surface area contributed by atoms with Crippen LogP contribution in [0.15, 0.2) is 0 Å². The topological polar surface area (TPSA) is 58.6 Å². The molecule has 0 spiro atoms. The lowest BCUT2D eigenvalue weighted by molar-refractivity contribution is -0.128. The minimum Gasteiger partial charge on any atom is -0.444 e. The van der Waals surface area contributed by atoms with E-state index < -0.39 is 36.1 Å². The summed E-state index contributed by atoms with van der Waals surface area (Å²) in [5, 5.41) is 2.21. The van der Waals surface area contributed by atoms with Gasteiger partial charge in [0.2, 0.25) is 5.91 Å². The maximum absolute atomic E-state index is 13.8. The second-order valence-corrected chi connectivity index (χ2v) is 5.70. The molecule has 5 nitrogen and oxygen atoms in total. The number of rotatable bonds is 1. The Morgan fingerprint density at radius 1 is 1.37 bits per heavy atom. The first-order valence-electron chi connectivity index (χ1n) is 6.14. The number of hydrogen-bond acceptors (Lipinski definition) is 3. The molecule has 0 aromatic heterocycles. The number of nitrogens with zero attached hydrogens (tertiary/aromatic N) is 1. The number of halogens is 2. The predicted octanol–water partition coefficient (Wildman–Crippen LogP) is 1.77. The summed E-state index contributed by atoms with van der Waals surface area (Å²) < 4.78 is 32.7. The summed E-state index contributed by atoms with van der Waals surface area (Å²) in [5.41, 5.74) is -0.721. The van der Waals surface area contributed by atoms with Crippen LogP contribution in [0.4, 0.5) is 13.6 Å². The van der Waals surface area contributed by atoms with Crippen molar-refractivity contribution in [3.05, 3.63) is 0 Å². The van der Waals surface area contributed by atoms with E-state index in [1.165, 1.54) is 6.92 Å². The van der Waals surface area contributed by atoms with E-state index in [1.807, 2.05) is 0 Å². The molecule has 0 aromatic rings. The molecule has 1 heterocycles. The zero-order valence-electron chi connectivity index (χ0n) is 11.6. The van der Waals surface area contributed by atoms with Gasteiger partial charge in [0.15, 0.2) is 0 Å². The number of piperidine rings is 1. The summed E-state index contributed by atoms with van der Waals surface area (Å²) in [5.74, 6) is -3.66. The van der Waals surface area contributed by atoms with Crippen molar-refractivity contribution in [1.29, 1.82) is 0 Å². The van der Waals surface area contributed by atoms with E-state index in [9.17, 15) is 18.4 Å². The van der Waals surface area contributed by atoms with Crippen molar-refractivity contribution < 1.29 is 23.1 Å². The molecule has 0 bridgehead atoms. The molecule has 2 amide bonds. The van der Waals surface area contributed by atoms with Gasteiger partial charge in [0, 0.05) is 13.5 Å². The van der Waals surface area contributed by atoms with Crippen LogP contribution in [0.5, 0.6) is 0 Å². The largest absolute Gasteiger partial charge is 0.444 e. The molecule has 1 atom stereocenters. The highest BCUT2D eigenvalue weighted by molar-refractivity contribution is 5.73. The Morgan fingerprint density at radius 2 is 1.95 bits per heavy atom. The molecule has 19 heavy (non-hydrogen) atoms. The fourth-order valence-electron chi connectivity index (χ4n) is 1.85. The van der Waals surface area contributed by atoms with Crippen molar-refractivity contribution in [2.24, 2.45) is 0 Å². The molecule has 1 aliphatic rings. The van der Waals surface area contributed by atoms with Gasteiger partial charge in [-0.05, 0) is 27.2 Å². The molecule has 1 N–H and O–H groups in total. The van der Waals surface area contributed by atoms with Crippen LogP contribution in [0.25, 0.3) is 0 Å². The van der Waals surface area contributed by atoms with Crippen molar-refractivity contribution in [3.63, 3.8) is 0 Å². The van der Waals surface area contributed by atoms with Gasteiger partial charge in [-0.3, -0.25) is 4.79 Å². The Hall–Kier alpha value is -1.40. The van der Waals surface area contributed by atoms with Gasteiger partial charge in [0.25, 0.3) is 5.92 Å². The lowest BCUT2D eigenvalue weighted by Crippen LogP contribution is -2.59. The summed E-state index contributed by atoms with van der Waals surface area (Å²) in [6.45, 7) is 5.60. The second kappa shape index (κ2) is 5.30. The molecule has 110 valence electrons. The average Bonchev–Trinajstić information content (AvgIpc) is 2.17. The fourth-order valence-corrected chi connectivity index (χ4v) is 1.85. The van der Waals surface area contributed by atoms with Gasteiger partial charge in [-0.1, -0.05) is 0 Å². The molecule has 0 saturated carbocycles. The molecule has 0 radical (unpaired) electrons. The average molecular weight is 278 g/mol. The number of hydrogen-bond donors (Lipinski definition) is 1. The van der Waals surface area contributed by atoms with Crippen LogP contribution < -0.4 is 5.32 Å². The van der Waals surface area contributed by atoms with Gasteiger partial charge in [0.1, 0.15) is 5.60 Å². The van der Waals surface area contributed by atoms with Crippen LogP contribution in [-0.4, -0.2) is 47.6 Å². The Bertz CT molecular complexity index is 366. The standard InChI is InChI=1S/C12H20F2N2O3/c1-8(17)15-9-5-6-16(7-12(9,13)14)10(18)19-11(2,3)4/h9H,5-7H2,1-4H3,(H,15,17). The smallest absolute Gasteiger partial charge is 0.410 e. The van der Waals surface area contributed by atoms with Crippen molar-refractivity contribution in [2.75, 3.05) is 13.1 Å². The van der Waals surface area contributed by atoms with Gasteiger partial charge < -0.3 is 15.0 Å². The van der Waals surface area contributed by atoms with E-state index in [4.69, 9.17) is 4.74 Å².